The maximum atomic E-state index is 7.95. The number of aromatic nitrogens is 1. The van der Waals surface area contributed by atoms with Crippen molar-refractivity contribution in [3.8, 4) is 28.0 Å². The summed E-state index contributed by atoms with van der Waals surface area (Å²) in [5.74, 6) is 1.55. The lowest BCUT2D eigenvalue weighted by Crippen LogP contribution is -2.26. The van der Waals surface area contributed by atoms with Gasteiger partial charge in [-0.25, -0.2) is 0 Å². The number of hydrogen-bond acceptors (Lipinski definition) is 5. The van der Waals surface area contributed by atoms with Crippen LogP contribution in [0.4, 0.5) is 17.1 Å². The number of benzene rings is 12. The molecule has 1 spiro atoms. The van der Waals surface area contributed by atoms with Crippen molar-refractivity contribution in [1.29, 1.82) is 0 Å². The Hall–Kier alpha value is -10.2. The quantitative estimate of drug-likeness (QED) is 0.0773. The van der Waals surface area contributed by atoms with Crippen LogP contribution in [0.1, 0.15) is 40.3 Å². The van der Waals surface area contributed by atoms with Gasteiger partial charge in [-0.15, -0.1) is 22.7 Å². The lowest BCUT2D eigenvalue weighted by molar-refractivity contribution is 0.505. The molecule has 3 heterocycles. The Labute approximate surface area is 513 Å². The summed E-state index contributed by atoms with van der Waals surface area (Å²) in [6.45, 7) is 2.07. The fourth-order valence-electron chi connectivity index (χ4n) is 14.9. The molecule has 0 atom stereocenters. The molecule has 414 valence electrons. The van der Waals surface area contributed by atoms with E-state index in [9.17, 15) is 0 Å². The van der Waals surface area contributed by atoms with Crippen LogP contribution in [0.3, 0.4) is 0 Å². The highest BCUT2D eigenvalue weighted by Gasteiger charge is 2.53. The monoisotopic (exact) mass is 1150 g/mol. The molecule has 4 nitrogen and oxygen atoms in total. The molecule has 0 saturated carbocycles. The summed E-state index contributed by atoms with van der Waals surface area (Å²) in [6, 6.07) is 95.0. The molecule has 12 aromatic carbocycles. The highest BCUT2D eigenvalue weighted by atomic mass is 32.1. The average molecular weight is 1150 g/mol. The fourth-order valence-corrected chi connectivity index (χ4v) is 17.1. The third-order valence-electron chi connectivity index (χ3n) is 18.4. The van der Waals surface area contributed by atoms with Crippen LogP contribution in [-0.2, 0) is 12.5 Å². The van der Waals surface area contributed by atoms with Crippen LogP contribution in [0.5, 0.6) is 5.75 Å². The Morgan fingerprint density at radius 2 is 1.01 bits per heavy atom. The number of para-hydroxylation sites is 1. The van der Waals surface area contributed by atoms with Gasteiger partial charge in [0.15, 0.2) is 0 Å². The van der Waals surface area contributed by atoms with Crippen molar-refractivity contribution in [3.63, 3.8) is 0 Å². The summed E-state index contributed by atoms with van der Waals surface area (Å²) < 4.78 is 15.3. The number of aryl methyl sites for hydroxylation is 1. The topological polar surface area (TPSA) is 20.6 Å². The van der Waals surface area contributed by atoms with E-state index >= 15 is 0 Å². The van der Waals surface area contributed by atoms with Gasteiger partial charge in [0.2, 0.25) is 0 Å². The Bertz CT molecular complexity index is 5410. The van der Waals surface area contributed by atoms with E-state index in [1.165, 1.54) is 117 Å². The third-order valence-corrected chi connectivity index (χ3v) is 20.7. The van der Waals surface area contributed by atoms with Crippen LogP contribution in [0.15, 0.2) is 279 Å². The number of fused-ring (bicyclic) bond motifs is 21. The first-order valence-electron chi connectivity index (χ1n) is 29.9. The van der Waals surface area contributed by atoms with Crippen LogP contribution < -0.4 is 9.64 Å². The van der Waals surface area contributed by atoms with Crippen molar-refractivity contribution in [2.45, 2.75) is 12.3 Å². The second kappa shape index (κ2) is 19.9. The van der Waals surface area contributed by atoms with E-state index < -0.39 is 5.41 Å². The van der Waals surface area contributed by atoms with Crippen LogP contribution in [0.25, 0.3) is 107 Å². The van der Waals surface area contributed by atoms with E-state index in [2.05, 4.69) is 315 Å². The highest BCUT2D eigenvalue weighted by molar-refractivity contribution is 7.26. The summed E-state index contributed by atoms with van der Waals surface area (Å²) in [7, 11) is 6.47. The molecule has 0 radical (unpaired) electrons. The van der Waals surface area contributed by atoms with Crippen molar-refractivity contribution >= 4 is 124 Å². The van der Waals surface area contributed by atoms with Gasteiger partial charge >= 0.3 is 0 Å². The molecule has 15 aromatic rings. The average Bonchev–Trinajstić information content (AvgIpc) is 1.51. The van der Waals surface area contributed by atoms with Gasteiger partial charge in [-0.05, 0) is 135 Å². The van der Waals surface area contributed by atoms with Gasteiger partial charge in [-0.1, -0.05) is 200 Å². The normalized spacial score (nSPS) is 13.6. The number of ether oxygens (including phenoxy) is 1. The predicted molar refractivity (Wildman–Crippen MR) is 372 cm³/mol. The molecule has 2 aliphatic carbocycles. The van der Waals surface area contributed by atoms with Crippen molar-refractivity contribution in [1.82, 2.24) is 9.47 Å². The fraction of sp³-hybridized carbons (Fsp3) is 0.0617. The molecule has 0 aliphatic heterocycles. The highest BCUT2D eigenvalue weighted by Crippen LogP contribution is 2.66. The molecule has 0 unspecified atom stereocenters. The molecular weight excluding hydrogens is 1100 g/mol. The van der Waals surface area contributed by atoms with Crippen molar-refractivity contribution in [2.75, 3.05) is 19.0 Å². The third kappa shape index (κ3) is 7.48. The molecule has 0 bridgehead atoms. The minimum absolute atomic E-state index is 0.759. The number of allylic oxidation sites excluding steroid dienone is 4. The second-order valence-electron chi connectivity index (χ2n) is 23.2. The number of hydrogen-bond donors (Lipinski definition) is 0. The van der Waals surface area contributed by atoms with Gasteiger partial charge in [-0.3, -0.25) is 0 Å². The Morgan fingerprint density at radius 1 is 0.448 bits per heavy atom. The summed E-state index contributed by atoms with van der Waals surface area (Å²) >= 11 is 3.70. The van der Waals surface area contributed by atoms with E-state index in [1.807, 2.05) is 22.7 Å². The van der Waals surface area contributed by atoms with E-state index in [1.54, 1.807) is 0 Å². The van der Waals surface area contributed by atoms with Gasteiger partial charge < -0.3 is 19.1 Å². The number of rotatable bonds is 10. The van der Waals surface area contributed by atoms with E-state index in [-0.39, 0.29) is 0 Å². The Kier molecular flexibility index (Phi) is 11.7. The Balaban J connectivity index is 0.981. The Morgan fingerprint density at radius 3 is 1.72 bits per heavy atom. The van der Waals surface area contributed by atoms with E-state index in [0.717, 1.165) is 51.0 Å². The van der Waals surface area contributed by atoms with Crippen molar-refractivity contribution in [2.24, 2.45) is 7.05 Å². The first-order chi connectivity index (χ1) is 42.9. The van der Waals surface area contributed by atoms with Gasteiger partial charge in [0, 0.05) is 100.0 Å². The SMILES string of the molecule is C\C=C/C=C(\C(=C(\Oc1ccc2c(c1)C1(c3ccccc3-c3ccccc31)c1cc(N(c3cccc4sc5ccccc5c34)c3cccc4c3c3ccccc3n4C)c3ccccc3c1-2)c1cccc2sc3ccccc3c12)c1ccccc1)N(C)C. The molecule has 0 amide bonds. The van der Waals surface area contributed by atoms with Crippen molar-refractivity contribution in [3.05, 3.63) is 312 Å². The van der Waals surface area contributed by atoms with Crippen molar-refractivity contribution < 1.29 is 4.74 Å². The summed E-state index contributed by atoms with van der Waals surface area (Å²) in [5.41, 5.74) is 19.0. The number of nitrogens with zero attached hydrogens (tertiary/aromatic N) is 3. The predicted octanol–water partition coefficient (Wildman–Crippen LogP) is 22.0. The lowest BCUT2D eigenvalue weighted by atomic mass is 9.70. The van der Waals surface area contributed by atoms with Gasteiger partial charge in [0.05, 0.1) is 28.0 Å². The zero-order chi connectivity index (χ0) is 58.1. The molecule has 0 saturated heterocycles. The molecule has 3 aromatic heterocycles. The number of anilines is 3. The first kappa shape index (κ1) is 51.2. The molecule has 17 rings (SSSR count). The van der Waals surface area contributed by atoms with Gasteiger partial charge in [0.1, 0.15) is 11.5 Å². The van der Waals surface area contributed by atoms with Gasteiger partial charge in [-0.2, -0.15) is 0 Å². The number of thiophene rings is 2. The standard InChI is InChI=1S/C81H57N3OS2/c1-5-6-37-66(82(2)3)75(50-25-8-7-9-26-50)80(60-34-22-44-73-77(60)58-32-15-20-42-71(58)86-73)85-51-46-47-56-63(48-51)81(61-35-17-12-27-52(61)53-28-13-18-36-62(53)81)64-49-70(54-29-10-11-30-55(54)76(56)64)84(69-41-24-45-74-79(69)59-33-16-21-43-72(59)87-74)68-40-23-39-67-78(68)57-31-14-19-38-65(57)83(67)4/h5-49H,1-4H3/b6-5-,66-37+,80-75+. The molecule has 0 fully saturated rings. The van der Waals surface area contributed by atoms with Gasteiger partial charge in [0.25, 0.3) is 0 Å². The zero-order valence-corrected chi connectivity index (χ0v) is 50.2. The second-order valence-corrected chi connectivity index (χ2v) is 25.3. The lowest BCUT2D eigenvalue weighted by Gasteiger charge is -2.33. The maximum absolute atomic E-state index is 7.95. The summed E-state index contributed by atoms with van der Waals surface area (Å²) in [6.07, 6.45) is 6.44. The number of likely N-dealkylation sites (N-methyl/N-ethyl adjacent to an activating group) is 1. The van der Waals surface area contributed by atoms with E-state index in [4.69, 9.17) is 4.74 Å². The summed E-state index contributed by atoms with van der Waals surface area (Å²) in [5, 5.41) is 9.71. The zero-order valence-electron chi connectivity index (χ0n) is 48.5. The molecule has 0 N–H and O–H groups in total. The molecular formula is C81H57N3OS2. The van der Waals surface area contributed by atoms with Crippen LogP contribution in [-0.4, -0.2) is 23.6 Å². The van der Waals surface area contributed by atoms with E-state index in [0.29, 0.717) is 0 Å². The largest absolute Gasteiger partial charge is 0.456 e. The minimum atomic E-state index is -0.759. The molecule has 87 heavy (non-hydrogen) atoms. The van der Waals surface area contributed by atoms with Crippen LogP contribution >= 0.6 is 22.7 Å². The minimum Gasteiger partial charge on any atom is -0.456 e. The maximum Gasteiger partial charge on any atom is 0.145 e. The molecule has 2 aliphatic rings. The smallest absolute Gasteiger partial charge is 0.145 e. The summed E-state index contributed by atoms with van der Waals surface area (Å²) in [4.78, 5) is 4.84. The first-order valence-corrected chi connectivity index (χ1v) is 31.5. The van der Waals surface area contributed by atoms with Crippen LogP contribution in [0.2, 0.25) is 0 Å². The molecule has 6 heteroatoms. The van der Waals surface area contributed by atoms with Crippen LogP contribution in [0, 0.1) is 0 Å².